The first-order valence-electron chi connectivity index (χ1n) is 8.49. The average Bonchev–Trinajstić information content (AvgIpc) is 2.52. The second-order valence-corrected chi connectivity index (χ2v) is 8.08. The molecule has 1 amide bonds. The number of piperidine rings is 1. The fraction of sp³-hybridized carbons (Fsp3) is 0.667. The third kappa shape index (κ3) is 6.77. The third-order valence-electron chi connectivity index (χ3n) is 3.90. The topological polar surface area (TPSA) is 51.7 Å². The average molecular weight is 399 g/mol. The maximum absolute atomic E-state index is 12.2. The summed E-state index contributed by atoms with van der Waals surface area (Å²) in [5, 5.41) is 0. The number of hydrogen-bond acceptors (Lipinski definition) is 4. The van der Waals surface area contributed by atoms with Crippen molar-refractivity contribution in [1.82, 2.24) is 9.88 Å². The molecule has 1 fully saturated rings. The van der Waals surface area contributed by atoms with E-state index in [0.29, 0.717) is 19.1 Å². The summed E-state index contributed by atoms with van der Waals surface area (Å²) < 4.78 is 12.0. The minimum atomic E-state index is -0.439. The van der Waals surface area contributed by atoms with Gasteiger partial charge in [0, 0.05) is 25.9 Å². The number of hydrogen-bond donors (Lipinski definition) is 0. The number of amides is 1. The molecule has 1 saturated heterocycles. The van der Waals surface area contributed by atoms with Crippen LogP contribution >= 0.6 is 15.9 Å². The zero-order valence-corrected chi connectivity index (χ0v) is 16.3. The molecule has 0 unspecified atom stereocenters. The number of likely N-dealkylation sites (tertiary alicyclic amines) is 1. The van der Waals surface area contributed by atoms with Crippen LogP contribution < -0.4 is 0 Å². The zero-order valence-electron chi connectivity index (χ0n) is 14.8. The Morgan fingerprint density at radius 1 is 1.42 bits per heavy atom. The van der Waals surface area contributed by atoms with Crippen molar-refractivity contribution < 1.29 is 14.3 Å². The van der Waals surface area contributed by atoms with Crippen molar-refractivity contribution in [1.29, 1.82) is 0 Å². The van der Waals surface area contributed by atoms with Gasteiger partial charge in [0.15, 0.2) is 0 Å². The Morgan fingerprint density at radius 2 is 2.21 bits per heavy atom. The van der Waals surface area contributed by atoms with Crippen molar-refractivity contribution in [2.75, 3.05) is 19.7 Å². The highest BCUT2D eigenvalue weighted by atomic mass is 79.9. The molecular weight excluding hydrogens is 372 g/mol. The summed E-state index contributed by atoms with van der Waals surface area (Å²) in [6, 6.07) is 3.92. The van der Waals surface area contributed by atoms with Gasteiger partial charge in [0.05, 0.1) is 6.61 Å². The van der Waals surface area contributed by atoms with Gasteiger partial charge < -0.3 is 14.4 Å². The van der Waals surface area contributed by atoms with E-state index < -0.39 is 5.60 Å². The predicted molar refractivity (Wildman–Crippen MR) is 96.7 cm³/mol. The summed E-state index contributed by atoms with van der Waals surface area (Å²) in [6.07, 6.45) is 4.75. The summed E-state index contributed by atoms with van der Waals surface area (Å²) in [6.45, 7) is 8.52. The van der Waals surface area contributed by atoms with E-state index in [1.165, 1.54) is 0 Å². The smallest absolute Gasteiger partial charge is 0.410 e. The van der Waals surface area contributed by atoms with Crippen LogP contribution in [0.1, 0.15) is 45.6 Å². The van der Waals surface area contributed by atoms with E-state index in [4.69, 9.17) is 9.47 Å². The third-order valence-corrected chi connectivity index (χ3v) is 4.37. The standard InChI is InChI=1S/C18H27BrN2O3/c1-18(2,3)24-17(22)21-9-4-5-14(12-21)8-10-23-13-15-6-7-16(19)20-11-15/h6-7,11,14H,4-5,8-10,12-13H2,1-3H3/t14-/m1/s1. The SMILES string of the molecule is CC(C)(C)OC(=O)N1CCC[C@H](CCOCc2ccc(Br)nc2)C1. The number of rotatable bonds is 5. The molecule has 134 valence electrons. The molecule has 0 saturated carbocycles. The summed E-state index contributed by atoms with van der Waals surface area (Å²) >= 11 is 3.32. The molecule has 2 rings (SSSR count). The lowest BCUT2D eigenvalue weighted by atomic mass is 9.95. The van der Waals surface area contributed by atoms with Gasteiger partial charge in [-0.1, -0.05) is 6.07 Å². The van der Waals surface area contributed by atoms with Crippen LogP contribution in [0.4, 0.5) is 4.79 Å². The first-order valence-corrected chi connectivity index (χ1v) is 9.29. The molecule has 0 radical (unpaired) electrons. The number of carbonyl (C=O) groups excluding carboxylic acids is 1. The molecule has 0 bridgehead atoms. The largest absolute Gasteiger partial charge is 0.444 e. The van der Waals surface area contributed by atoms with E-state index in [1.54, 1.807) is 0 Å². The Bertz CT molecular complexity index is 528. The van der Waals surface area contributed by atoms with Crippen LogP contribution in [0, 0.1) is 5.92 Å². The molecular formula is C18H27BrN2O3. The molecule has 1 atom stereocenters. The Labute approximate surface area is 152 Å². The van der Waals surface area contributed by atoms with Crippen molar-refractivity contribution in [3.8, 4) is 0 Å². The molecule has 1 aromatic heterocycles. The van der Waals surface area contributed by atoms with Crippen LogP contribution in [0.5, 0.6) is 0 Å². The first-order chi connectivity index (χ1) is 11.3. The number of ether oxygens (including phenoxy) is 2. The number of carbonyl (C=O) groups is 1. The predicted octanol–water partition coefficient (Wildman–Crippen LogP) is 4.40. The van der Waals surface area contributed by atoms with E-state index in [1.807, 2.05) is 44.0 Å². The normalized spacial score (nSPS) is 18.5. The Kier molecular flexibility index (Phi) is 7.04. The van der Waals surface area contributed by atoms with Crippen LogP contribution in [-0.4, -0.2) is 41.3 Å². The second-order valence-electron chi connectivity index (χ2n) is 7.27. The Hall–Kier alpha value is -1.14. The lowest BCUT2D eigenvalue weighted by molar-refractivity contribution is 0.0135. The fourth-order valence-electron chi connectivity index (χ4n) is 2.72. The van der Waals surface area contributed by atoms with E-state index >= 15 is 0 Å². The van der Waals surface area contributed by atoms with Crippen molar-refractivity contribution >= 4 is 22.0 Å². The van der Waals surface area contributed by atoms with Crippen LogP contribution in [-0.2, 0) is 16.1 Å². The van der Waals surface area contributed by atoms with Crippen molar-refractivity contribution in [3.63, 3.8) is 0 Å². The molecule has 24 heavy (non-hydrogen) atoms. The van der Waals surface area contributed by atoms with Crippen molar-refractivity contribution in [2.24, 2.45) is 5.92 Å². The van der Waals surface area contributed by atoms with Crippen LogP contribution in [0.15, 0.2) is 22.9 Å². The van der Waals surface area contributed by atoms with Crippen molar-refractivity contribution in [3.05, 3.63) is 28.5 Å². The number of aromatic nitrogens is 1. The molecule has 0 N–H and O–H groups in total. The maximum atomic E-state index is 12.2. The highest BCUT2D eigenvalue weighted by Gasteiger charge is 2.27. The Balaban J connectivity index is 1.69. The Morgan fingerprint density at radius 3 is 2.88 bits per heavy atom. The number of halogens is 1. The lowest BCUT2D eigenvalue weighted by Crippen LogP contribution is -2.43. The van der Waals surface area contributed by atoms with E-state index in [2.05, 4.69) is 20.9 Å². The van der Waals surface area contributed by atoms with Gasteiger partial charge in [-0.2, -0.15) is 0 Å². The first kappa shape index (κ1) is 19.2. The summed E-state index contributed by atoms with van der Waals surface area (Å²) in [4.78, 5) is 18.2. The molecule has 0 spiro atoms. The lowest BCUT2D eigenvalue weighted by Gasteiger charge is -2.34. The van der Waals surface area contributed by atoms with Gasteiger partial charge in [-0.3, -0.25) is 0 Å². The minimum Gasteiger partial charge on any atom is -0.444 e. The minimum absolute atomic E-state index is 0.200. The van der Waals surface area contributed by atoms with Gasteiger partial charge in [0.1, 0.15) is 10.2 Å². The van der Waals surface area contributed by atoms with Gasteiger partial charge in [-0.25, -0.2) is 9.78 Å². The highest BCUT2D eigenvalue weighted by Crippen LogP contribution is 2.22. The van der Waals surface area contributed by atoms with Gasteiger partial charge >= 0.3 is 6.09 Å². The monoisotopic (exact) mass is 398 g/mol. The molecule has 2 heterocycles. The van der Waals surface area contributed by atoms with E-state index in [-0.39, 0.29) is 6.09 Å². The molecule has 1 aliphatic rings. The second kappa shape index (κ2) is 8.81. The van der Waals surface area contributed by atoms with E-state index in [9.17, 15) is 4.79 Å². The summed E-state index contributed by atoms with van der Waals surface area (Å²) in [5.74, 6) is 0.481. The maximum Gasteiger partial charge on any atom is 0.410 e. The van der Waals surface area contributed by atoms with Crippen LogP contribution in [0.2, 0.25) is 0 Å². The molecule has 1 aliphatic heterocycles. The summed E-state index contributed by atoms with van der Waals surface area (Å²) in [7, 11) is 0. The molecule has 1 aromatic rings. The number of pyridine rings is 1. The van der Waals surface area contributed by atoms with Crippen molar-refractivity contribution in [2.45, 2.75) is 52.2 Å². The zero-order chi connectivity index (χ0) is 17.6. The molecule has 0 aromatic carbocycles. The molecule has 5 nitrogen and oxygen atoms in total. The van der Waals surface area contributed by atoms with E-state index in [0.717, 1.165) is 42.5 Å². The quantitative estimate of drug-likeness (QED) is 0.544. The van der Waals surface area contributed by atoms with Crippen LogP contribution in [0.25, 0.3) is 0 Å². The fourth-order valence-corrected chi connectivity index (χ4v) is 2.96. The molecule has 0 aliphatic carbocycles. The number of nitrogens with zero attached hydrogens (tertiary/aromatic N) is 2. The van der Waals surface area contributed by atoms with Gasteiger partial charge in [0.25, 0.3) is 0 Å². The van der Waals surface area contributed by atoms with Gasteiger partial charge in [-0.15, -0.1) is 0 Å². The molecule has 6 heteroatoms. The van der Waals surface area contributed by atoms with Gasteiger partial charge in [-0.05, 0) is 73.5 Å². The highest BCUT2D eigenvalue weighted by molar-refractivity contribution is 9.10. The van der Waals surface area contributed by atoms with Crippen LogP contribution in [0.3, 0.4) is 0 Å². The van der Waals surface area contributed by atoms with Gasteiger partial charge in [0.2, 0.25) is 0 Å². The summed E-state index contributed by atoms with van der Waals surface area (Å²) in [5.41, 5.74) is 0.628.